The van der Waals surface area contributed by atoms with Gasteiger partial charge in [-0.2, -0.15) is 0 Å². The maximum Gasteiger partial charge on any atom is 0.325 e. The van der Waals surface area contributed by atoms with E-state index in [0.717, 1.165) is 29.7 Å². The molecule has 0 unspecified atom stereocenters. The van der Waals surface area contributed by atoms with E-state index in [0.29, 0.717) is 13.0 Å². The molecule has 1 aromatic rings. The SMILES string of the molecule is C[C@@H]1CCCCN1C(=O)CN1C(=O)N[C@H](Cc2ccccc2)C1=O. The first-order valence-electron chi connectivity index (χ1n) is 8.51. The first-order chi connectivity index (χ1) is 11.6. The van der Waals surface area contributed by atoms with Gasteiger partial charge in [-0.15, -0.1) is 0 Å². The van der Waals surface area contributed by atoms with Gasteiger partial charge in [0.15, 0.2) is 0 Å². The minimum absolute atomic E-state index is 0.147. The predicted octanol–water partition coefficient (Wildman–Crippen LogP) is 1.55. The fourth-order valence-corrected chi connectivity index (χ4v) is 3.41. The molecule has 1 aromatic carbocycles. The van der Waals surface area contributed by atoms with Crippen molar-refractivity contribution in [1.82, 2.24) is 15.1 Å². The second kappa shape index (κ2) is 7.03. The minimum atomic E-state index is -0.591. The van der Waals surface area contributed by atoms with Gasteiger partial charge in [-0.1, -0.05) is 30.3 Å². The highest BCUT2D eigenvalue weighted by Gasteiger charge is 2.40. The molecule has 2 saturated heterocycles. The van der Waals surface area contributed by atoms with Crippen LogP contribution in [0.15, 0.2) is 30.3 Å². The standard InChI is InChI=1S/C18H23N3O3/c1-13-7-5-6-10-20(13)16(22)12-21-17(23)15(19-18(21)24)11-14-8-3-2-4-9-14/h2-4,8-9,13,15H,5-7,10-12H2,1H3,(H,19,24)/t13-,15-/m1/s1. The lowest BCUT2D eigenvalue weighted by Crippen LogP contribution is -2.48. The van der Waals surface area contributed by atoms with Crippen molar-refractivity contribution >= 4 is 17.8 Å². The average molecular weight is 329 g/mol. The highest BCUT2D eigenvalue weighted by atomic mass is 16.2. The fourth-order valence-electron chi connectivity index (χ4n) is 3.41. The summed E-state index contributed by atoms with van der Waals surface area (Å²) in [6.07, 6.45) is 3.51. The first kappa shape index (κ1) is 16.5. The van der Waals surface area contributed by atoms with Crippen LogP contribution < -0.4 is 5.32 Å². The molecule has 6 nitrogen and oxygen atoms in total. The Balaban J connectivity index is 1.62. The van der Waals surface area contributed by atoms with Crippen molar-refractivity contribution in [1.29, 1.82) is 0 Å². The lowest BCUT2D eigenvalue weighted by molar-refractivity contribution is -0.139. The van der Waals surface area contributed by atoms with Crippen molar-refractivity contribution in [2.75, 3.05) is 13.1 Å². The van der Waals surface area contributed by atoms with Gasteiger partial charge >= 0.3 is 6.03 Å². The van der Waals surface area contributed by atoms with Crippen LogP contribution in [0.4, 0.5) is 4.79 Å². The van der Waals surface area contributed by atoms with E-state index >= 15 is 0 Å². The third-order valence-electron chi connectivity index (χ3n) is 4.81. The van der Waals surface area contributed by atoms with Gasteiger partial charge in [0.2, 0.25) is 5.91 Å². The lowest BCUT2D eigenvalue weighted by atomic mass is 10.0. The highest BCUT2D eigenvalue weighted by molar-refractivity contribution is 6.06. The van der Waals surface area contributed by atoms with E-state index in [1.165, 1.54) is 0 Å². The topological polar surface area (TPSA) is 69.7 Å². The van der Waals surface area contributed by atoms with Crippen LogP contribution in [0.2, 0.25) is 0 Å². The van der Waals surface area contributed by atoms with Crippen molar-refractivity contribution < 1.29 is 14.4 Å². The largest absolute Gasteiger partial charge is 0.338 e. The molecule has 4 amide bonds. The molecule has 0 aliphatic carbocycles. The highest BCUT2D eigenvalue weighted by Crippen LogP contribution is 2.18. The number of piperidine rings is 1. The summed E-state index contributed by atoms with van der Waals surface area (Å²) in [6, 6.07) is 8.65. The summed E-state index contributed by atoms with van der Waals surface area (Å²) < 4.78 is 0. The molecule has 1 N–H and O–H groups in total. The Morgan fingerprint density at radius 2 is 1.96 bits per heavy atom. The molecular weight excluding hydrogens is 306 g/mol. The van der Waals surface area contributed by atoms with Crippen LogP contribution in [0.25, 0.3) is 0 Å². The van der Waals surface area contributed by atoms with Gasteiger partial charge in [0, 0.05) is 19.0 Å². The Hall–Kier alpha value is -2.37. The number of hydrogen-bond acceptors (Lipinski definition) is 3. The second-order valence-corrected chi connectivity index (χ2v) is 6.55. The van der Waals surface area contributed by atoms with E-state index in [2.05, 4.69) is 5.32 Å². The number of rotatable bonds is 4. The number of urea groups is 1. The first-order valence-corrected chi connectivity index (χ1v) is 8.51. The molecule has 2 heterocycles. The number of likely N-dealkylation sites (tertiary alicyclic amines) is 1. The Kier molecular flexibility index (Phi) is 4.83. The van der Waals surface area contributed by atoms with Gasteiger partial charge in [0.1, 0.15) is 12.6 Å². The molecule has 3 rings (SSSR count). The van der Waals surface area contributed by atoms with Crippen LogP contribution in [0.5, 0.6) is 0 Å². The number of imide groups is 1. The lowest BCUT2D eigenvalue weighted by Gasteiger charge is -2.34. The van der Waals surface area contributed by atoms with Gasteiger partial charge in [-0.05, 0) is 31.7 Å². The summed E-state index contributed by atoms with van der Waals surface area (Å²) in [4.78, 5) is 39.9. The number of nitrogens with zero attached hydrogens (tertiary/aromatic N) is 2. The van der Waals surface area contributed by atoms with E-state index in [9.17, 15) is 14.4 Å². The van der Waals surface area contributed by atoms with Crippen LogP contribution >= 0.6 is 0 Å². The summed E-state index contributed by atoms with van der Waals surface area (Å²) in [5, 5.41) is 2.69. The third kappa shape index (κ3) is 3.42. The summed E-state index contributed by atoms with van der Waals surface area (Å²) in [5.41, 5.74) is 0.981. The van der Waals surface area contributed by atoms with Crippen molar-refractivity contribution in [3.05, 3.63) is 35.9 Å². The van der Waals surface area contributed by atoms with Crippen molar-refractivity contribution in [2.45, 2.75) is 44.7 Å². The summed E-state index contributed by atoms with van der Waals surface area (Å²) in [7, 11) is 0. The Morgan fingerprint density at radius 3 is 2.67 bits per heavy atom. The summed E-state index contributed by atoms with van der Waals surface area (Å²) in [6.45, 7) is 2.55. The van der Waals surface area contributed by atoms with Crippen LogP contribution in [-0.4, -0.2) is 52.8 Å². The number of carbonyl (C=O) groups excluding carboxylic acids is 3. The zero-order valence-electron chi connectivity index (χ0n) is 13.9. The zero-order valence-corrected chi connectivity index (χ0v) is 13.9. The predicted molar refractivity (Wildman–Crippen MR) is 89.2 cm³/mol. The van der Waals surface area contributed by atoms with E-state index in [1.807, 2.05) is 37.3 Å². The summed E-state index contributed by atoms with van der Waals surface area (Å²) in [5.74, 6) is -0.465. The number of benzene rings is 1. The number of amides is 4. The average Bonchev–Trinajstić information content (AvgIpc) is 2.83. The van der Waals surface area contributed by atoms with Crippen molar-refractivity contribution in [3.63, 3.8) is 0 Å². The molecular formula is C18H23N3O3. The molecule has 6 heteroatoms. The van der Waals surface area contributed by atoms with E-state index in [4.69, 9.17) is 0 Å². The number of hydrogen-bond donors (Lipinski definition) is 1. The third-order valence-corrected chi connectivity index (χ3v) is 4.81. The molecule has 2 fully saturated rings. The van der Waals surface area contributed by atoms with E-state index in [1.54, 1.807) is 4.90 Å². The monoisotopic (exact) mass is 329 g/mol. The van der Waals surface area contributed by atoms with Gasteiger partial charge in [-0.25, -0.2) is 4.79 Å². The van der Waals surface area contributed by atoms with Crippen LogP contribution in [0.1, 0.15) is 31.7 Å². The van der Waals surface area contributed by atoms with E-state index in [-0.39, 0.29) is 24.4 Å². The second-order valence-electron chi connectivity index (χ2n) is 6.55. The van der Waals surface area contributed by atoms with Gasteiger partial charge in [0.05, 0.1) is 0 Å². The molecule has 0 spiro atoms. The molecule has 24 heavy (non-hydrogen) atoms. The molecule has 0 aromatic heterocycles. The van der Waals surface area contributed by atoms with Gasteiger partial charge < -0.3 is 10.2 Å². The maximum absolute atomic E-state index is 12.5. The minimum Gasteiger partial charge on any atom is -0.338 e. The number of nitrogens with one attached hydrogen (secondary N) is 1. The molecule has 2 aliphatic rings. The van der Waals surface area contributed by atoms with Crippen molar-refractivity contribution in [2.24, 2.45) is 0 Å². The number of carbonyl (C=O) groups is 3. The van der Waals surface area contributed by atoms with Crippen LogP contribution in [-0.2, 0) is 16.0 Å². The molecule has 0 bridgehead atoms. The molecule has 0 saturated carbocycles. The smallest absolute Gasteiger partial charge is 0.325 e. The Labute approximate surface area is 141 Å². The molecule has 0 radical (unpaired) electrons. The normalized spacial score (nSPS) is 24.2. The Bertz CT molecular complexity index is 632. The zero-order chi connectivity index (χ0) is 17.1. The molecule has 2 atom stereocenters. The molecule has 128 valence electrons. The Morgan fingerprint density at radius 1 is 1.21 bits per heavy atom. The fraction of sp³-hybridized carbons (Fsp3) is 0.500. The van der Waals surface area contributed by atoms with Crippen LogP contribution in [0.3, 0.4) is 0 Å². The quantitative estimate of drug-likeness (QED) is 0.852. The maximum atomic E-state index is 12.5. The molecule has 2 aliphatic heterocycles. The van der Waals surface area contributed by atoms with Gasteiger partial charge in [0.25, 0.3) is 5.91 Å². The summed E-state index contributed by atoms with van der Waals surface area (Å²) >= 11 is 0. The van der Waals surface area contributed by atoms with Crippen molar-refractivity contribution in [3.8, 4) is 0 Å². The van der Waals surface area contributed by atoms with Crippen LogP contribution in [0, 0.1) is 0 Å². The van der Waals surface area contributed by atoms with E-state index < -0.39 is 12.1 Å². The van der Waals surface area contributed by atoms with Gasteiger partial charge in [-0.3, -0.25) is 14.5 Å².